The second-order valence-corrected chi connectivity index (χ2v) is 4.91. The van der Waals surface area contributed by atoms with Gasteiger partial charge in [-0.25, -0.2) is 0 Å². The molecule has 2 heteroatoms. The zero-order chi connectivity index (χ0) is 11.9. The Morgan fingerprint density at radius 3 is 2.59 bits per heavy atom. The molecule has 0 saturated heterocycles. The molecule has 0 aliphatic heterocycles. The summed E-state index contributed by atoms with van der Waals surface area (Å²) in [6.45, 7) is 1.51. The van der Waals surface area contributed by atoms with Crippen molar-refractivity contribution < 1.29 is 9.84 Å². The van der Waals surface area contributed by atoms with Crippen LogP contribution in [0.4, 0.5) is 0 Å². The summed E-state index contributed by atoms with van der Waals surface area (Å²) >= 11 is 0. The molecule has 17 heavy (non-hydrogen) atoms. The van der Waals surface area contributed by atoms with E-state index in [1.807, 2.05) is 30.3 Å². The molecule has 0 amide bonds. The van der Waals surface area contributed by atoms with E-state index in [-0.39, 0.29) is 6.10 Å². The Kier molecular flexibility index (Phi) is 5.02. The molecule has 1 aliphatic rings. The zero-order valence-electron chi connectivity index (χ0n) is 10.3. The summed E-state index contributed by atoms with van der Waals surface area (Å²) in [5.41, 5.74) is 0.982. The minimum atomic E-state index is -0.389. The van der Waals surface area contributed by atoms with Crippen LogP contribution >= 0.6 is 0 Å². The number of rotatable bonds is 7. The highest BCUT2D eigenvalue weighted by Crippen LogP contribution is 2.29. The molecule has 2 nitrogen and oxygen atoms in total. The van der Waals surface area contributed by atoms with Crippen molar-refractivity contribution in [2.24, 2.45) is 5.92 Å². The molecular weight excluding hydrogens is 212 g/mol. The molecule has 1 N–H and O–H groups in total. The van der Waals surface area contributed by atoms with Crippen molar-refractivity contribution in [1.29, 1.82) is 0 Å². The van der Waals surface area contributed by atoms with Crippen molar-refractivity contribution in [3.8, 4) is 0 Å². The SMILES string of the molecule is OC(CCOCCC1CCC1)c1ccccc1. The highest BCUT2D eigenvalue weighted by molar-refractivity contribution is 5.16. The Hall–Kier alpha value is -0.860. The summed E-state index contributed by atoms with van der Waals surface area (Å²) < 4.78 is 5.57. The van der Waals surface area contributed by atoms with Gasteiger partial charge in [0.25, 0.3) is 0 Å². The summed E-state index contributed by atoms with van der Waals surface area (Å²) in [4.78, 5) is 0. The fourth-order valence-electron chi connectivity index (χ4n) is 2.17. The molecule has 0 bridgehead atoms. The topological polar surface area (TPSA) is 29.5 Å². The van der Waals surface area contributed by atoms with Gasteiger partial charge in [0.05, 0.1) is 6.10 Å². The van der Waals surface area contributed by atoms with E-state index in [1.165, 1.54) is 25.7 Å². The van der Waals surface area contributed by atoms with E-state index >= 15 is 0 Å². The lowest BCUT2D eigenvalue weighted by Gasteiger charge is -2.24. The first kappa shape index (κ1) is 12.6. The van der Waals surface area contributed by atoms with Gasteiger partial charge in [0.15, 0.2) is 0 Å². The van der Waals surface area contributed by atoms with Crippen LogP contribution in [0.15, 0.2) is 30.3 Å². The highest BCUT2D eigenvalue weighted by Gasteiger charge is 2.16. The Bertz CT molecular complexity index is 306. The van der Waals surface area contributed by atoms with Crippen LogP contribution in [0.2, 0.25) is 0 Å². The normalized spacial score (nSPS) is 17.7. The van der Waals surface area contributed by atoms with E-state index in [2.05, 4.69) is 0 Å². The van der Waals surface area contributed by atoms with E-state index in [4.69, 9.17) is 4.74 Å². The van der Waals surface area contributed by atoms with E-state index in [0.717, 1.165) is 18.1 Å². The van der Waals surface area contributed by atoms with Crippen molar-refractivity contribution in [3.63, 3.8) is 0 Å². The summed E-state index contributed by atoms with van der Waals surface area (Å²) in [5, 5.41) is 9.91. The molecule has 0 aromatic heterocycles. The van der Waals surface area contributed by atoms with Gasteiger partial charge < -0.3 is 9.84 Å². The molecular formula is C15H22O2. The lowest BCUT2D eigenvalue weighted by molar-refractivity contribution is 0.0688. The maximum absolute atomic E-state index is 9.91. The van der Waals surface area contributed by atoms with Crippen molar-refractivity contribution in [1.82, 2.24) is 0 Å². The fourth-order valence-corrected chi connectivity index (χ4v) is 2.17. The van der Waals surface area contributed by atoms with Crippen LogP contribution < -0.4 is 0 Å². The van der Waals surface area contributed by atoms with Crippen molar-refractivity contribution in [3.05, 3.63) is 35.9 Å². The smallest absolute Gasteiger partial charge is 0.0812 e. The van der Waals surface area contributed by atoms with Crippen molar-refractivity contribution >= 4 is 0 Å². The Labute approximate surface area is 104 Å². The molecule has 1 aromatic carbocycles. The quantitative estimate of drug-likeness (QED) is 0.733. The monoisotopic (exact) mass is 234 g/mol. The van der Waals surface area contributed by atoms with Crippen LogP contribution in [0.5, 0.6) is 0 Å². The summed E-state index contributed by atoms with van der Waals surface area (Å²) in [5.74, 6) is 0.911. The Morgan fingerprint density at radius 1 is 1.18 bits per heavy atom. The first-order valence-corrected chi connectivity index (χ1v) is 6.67. The van der Waals surface area contributed by atoms with Crippen LogP contribution in [-0.4, -0.2) is 18.3 Å². The van der Waals surface area contributed by atoms with Crippen LogP contribution in [0.25, 0.3) is 0 Å². The first-order chi connectivity index (χ1) is 8.36. The molecule has 94 valence electrons. The lowest BCUT2D eigenvalue weighted by Crippen LogP contribution is -2.14. The third-order valence-electron chi connectivity index (χ3n) is 3.62. The average Bonchev–Trinajstić information content (AvgIpc) is 2.32. The van der Waals surface area contributed by atoms with Gasteiger partial charge in [-0.15, -0.1) is 0 Å². The Morgan fingerprint density at radius 2 is 1.94 bits per heavy atom. The standard InChI is InChI=1S/C15H22O2/c16-15(14-7-2-1-3-8-14)10-12-17-11-9-13-5-4-6-13/h1-3,7-8,13,15-16H,4-6,9-12H2. The van der Waals surface area contributed by atoms with Gasteiger partial charge in [0.2, 0.25) is 0 Å². The number of hydrogen-bond donors (Lipinski definition) is 1. The van der Waals surface area contributed by atoms with Gasteiger partial charge in [-0.3, -0.25) is 0 Å². The zero-order valence-corrected chi connectivity index (χ0v) is 10.3. The highest BCUT2D eigenvalue weighted by atomic mass is 16.5. The minimum Gasteiger partial charge on any atom is -0.388 e. The summed E-state index contributed by atoms with van der Waals surface area (Å²) in [6.07, 6.45) is 5.67. The molecule has 1 unspecified atom stereocenters. The van der Waals surface area contributed by atoms with Crippen LogP contribution in [0.3, 0.4) is 0 Å². The van der Waals surface area contributed by atoms with E-state index in [0.29, 0.717) is 13.0 Å². The first-order valence-electron chi connectivity index (χ1n) is 6.67. The van der Waals surface area contributed by atoms with E-state index in [9.17, 15) is 5.11 Å². The minimum absolute atomic E-state index is 0.389. The Balaban J connectivity index is 1.55. The molecule has 0 heterocycles. The third kappa shape index (κ3) is 4.14. The number of ether oxygens (including phenoxy) is 1. The maximum atomic E-state index is 9.91. The van der Waals surface area contributed by atoms with Gasteiger partial charge >= 0.3 is 0 Å². The third-order valence-corrected chi connectivity index (χ3v) is 3.62. The molecule has 2 rings (SSSR count). The van der Waals surface area contributed by atoms with Crippen LogP contribution in [-0.2, 0) is 4.74 Å². The number of aliphatic hydroxyl groups excluding tert-OH is 1. The molecule has 1 atom stereocenters. The van der Waals surface area contributed by atoms with E-state index in [1.54, 1.807) is 0 Å². The lowest BCUT2D eigenvalue weighted by atomic mass is 9.83. The van der Waals surface area contributed by atoms with Gasteiger partial charge in [0.1, 0.15) is 0 Å². The average molecular weight is 234 g/mol. The van der Waals surface area contributed by atoms with Crippen LogP contribution in [0.1, 0.15) is 43.8 Å². The molecule has 1 aliphatic carbocycles. The van der Waals surface area contributed by atoms with E-state index < -0.39 is 0 Å². The second kappa shape index (κ2) is 6.77. The number of benzene rings is 1. The molecule has 0 radical (unpaired) electrons. The molecule has 1 fully saturated rings. The van der Waals surface area contributed by atoms with Gasteiger partial charge in [-0.05, 0) is 17.9 Å². The number of aliphatic hydroxyl groups is 1. The largest absolute Gasteiger partial charge is 0.388 e. The molecule has 1 aromatic rings. The maximum Gasteiger partial charge on any atom is 0.0812 e. The van der Waals surface area contributed by atoms with Gasteiger partial charge in [-0.1, -0.05) is 49.6 Å². The van der Waals surface area contributed by atoms with Crippen molar-refractivity contribution in [2.75, 3.05) is 13.2 Å². The van der Waals surface area contributed by atoms with Gasteiger partial charge in [-0.2, -0.15) is 0 Å². The molecule has 1 saturated carbocycles. The number of hydrogen-bond acceptors (Lipinski definition) is 2. The predicted molar refractivity (Wildman–Crippen MR) is 68.8 cm³/mol. The van der Waals surface area contributed by atoms with Crippen molar-refractivity contribution in [2.45, 2.75) is 38.2 Å². The summed E-state index contributed by atoms with van der Waals surface area (Å²) in [6, 6.07) is 9.79. The predicted octanol–water partition coefficient (Wildman–Crippen LogP) is 3.32. The van der Waals surface area contributed by atoms with Gasteiger partial charge in [0, 0.05) is 19.6 Å². The van der Waals surface area contributed by atoms with Crippen LogP contribution in [0, 0.1) is 5.92 Å². The molecule has 0 spiro atoms. The second-order valence-electron chi connectivity index (χ2n) is 4.91. The summed E-state index contributed by atoms with van der Waals surface area (Å²) in [7, 11) is 0. The fraction of sp³-hybridized carbons (Fsp3) is 0.600.